The molecule has 0 aliphatic carbocycles. The summed E-state index contributed by atoms with van der Waals surface area (Å²) in [7, 11) is 0. The predicted octanol–water partition coefficient (Wildman–Crippen LogP) is 5.91. The average Bonchev–Trinajstić information content (AvgIpc) is 3.03. The first-order valence-electron chi connectivity index (χ1n) is 10.9. The number of para-hydroxylation sites is 1. The topological polar surface area (TPSA) is 72.5 Å². The zero-order chi connectivity index (χ0) is 23.9. The van der Waals surface area contributed by atoms with E-state index in [1.54, 1.807) is 24.3 Å². The Morgan fingerprint density at radius 3 is 2.18 bits per heavy atom. The molecule has 1 heterocycles. The van der Waals surface area contributed by atoms with Gasteiger partial charge in [-0.25, -0.2) is 0 Å². The molecule has 0 spiro atoms. The second kappa shape index (κ2) is 10.9. The van der Waals surface area contributed by atoms with E-state index in [-0.39, 0.29) is 18.1 Å². The highest BCUT2D eigenvalue weighted by atomic mass is 79.9. The van der Waals surface area contributed by atoms with Crippen molar-refractivity contribution in [3.63, 3.8) is 0 Å². The van der Waals surface area contributed by atoms with Crippen LogP contribution in [0.3, 0.4) is 0 Å². The highest BCUT2D eigenvalue weighted by Crippen LogP contribution is 2.23. The van der Waals surface area contributed by atoms with Crippen molar-refractivity contribution in [2.75, 3.05) is 12.3 Å². The van der Waals surface area contributed by atoms with Crippen LogP contribution >= 0.6 is 15.9 Å². The quantitative estimate of drug-likeness (QED) is 0.275. The fraction of sp³-hybridized carbons (Fsp3) is 0.0690. The number of hydrogen-bond acceptors (Lipinski definition) is 4. The van der Waals surface area contributed by atoms with Gasteiger partial charge in [0.1, 0.15) is 0 Å². The Hall–Kier alpha value is -3.83. The number of nitrogen functional groups attached to an aromatic ring is 1. The Balaban J connectivity index is 0.000000166. The second-order valence-electron chi connectivity index (χ2n) is 7.83. The number of carbonyl (C=O) groups excluding carboxylic acids is 2. The van der Waals surface area contributed by atoms with Gasteiger partial charge in [-0.15, -0.1) is 0 Å². The number of benzene rings is 4. The van der Waals surface area contributed by atoms with E-state index in [0.717, 1.165) is 26.9 Å². The van der Waals surface area contributed by atoms with Crippen LogP contribution in [0.15, 0.2) is 113 Å². The van der Waals surface area contributed by atoms with Gasteiger partial charge in [0.25, 0.3) is 0 Å². The summed E-state index contributed by atoms with van der Waals surface area (Å²) in [6.07, 6.45) is 0.461. The van der Waals surface area contributed by atoms with Gasteiger partial charge in [-0.05, 0) is 29.8 Å². The number of nitrogens with zero attached hydrogens (tertiary/aromatic N) is 1. The molecule has 0 saturated carbocycles. The lowest BCUT2D eigenvalue weighted by Crippen LogP contribution is -2.05. The van der Waals surface area contributed by atoms with Crippen molar-refractivity contribution in [2.24, 2.45) is 4.99 Å². The van der Waals surface area contributed by atoms with Crippen LogP contribution < -0.4 is 5.73 Å². The van der Waals surface area contributed by atoms with Gasteiger partial charge in [-0.1, -0.05) is 94.8 Å². The minimum absolute atomic E-state index is 0.0336. The first-order chi connectivity index (χ1) is 16.5. The van der Waals surface area contributed by atoms with E-state index < -0.39 is 0 Å². The van der Waals surface area contributed by atoms with Crippen molar-refractivity contribution in [1.82, 2.24) is 0 Å². The summed E-state index contributed by atoms with van der Waals surface area (Å²) in [5.74, 6) is 0.128. The lowest BCUT2D eigenvalue weighted by atomic mass is 9.96. The van der Waals surface area contributed by atoms with Crippen molar-refractivity contribution in [2.45, 2.75) is 6.42 Å². The molecule has 0 saturated heterocycles. The van der Waals surface area contributed by atoms with Gasteiger partial charge in [0.15, 0.2) is 11.6 Å². The fourth-order valence-corrected chi connectivity index (χ4v) is 4.10. The summed E-state index contributed by atoms with van der Waals surface area (Å²) in [4.78, 5) is 28.3. The largest absolute Gasteiger partial charge is 0.398 e. The van der Waals surface area contributed by atoms with Crippen molar-refractivity contribution < 1.29 is 9.59 Å². The van der Waals surface area contributed by atoms with Crippen LogP contribution in [0.25, 0.3) is 0 Å². The maximum Gasteiger partial charge on any atom is 0.195 e. The Bertz CT molecular complexity index is 1350. The van der Waals surface area contributed by atoms with Gasteiger partial charge in [0.2, 0.25) is 0 Å². The third-order valence-electron chi connectivity index (χ3n) is 5.42. The normalized spacial score (nSPS) is 12.5. The van der Waals surface area contributed by atoms with E-state index in [4.69, 9.17) is 5.73 Å². The van der Waals surface area contributed by atoms with Crippen LogP contribution in [0.1, 0.15) is 32.6 Å². The maximum atomic E-state index is 12.0. The smallest absolute Gasteiger partial charge is 0.195 e. The number of nitrogens with two attached hydrogens (primary N) is 1. The number of ketones is 2. The Labute approximate surface area is 207 Å². The molecule has 34 heavy (non-hydrogen) atoms. The predicted molar refractivity (Wildman–Crippen MR) is 141 cm³/mol. The lowest BCUT2D eigenvalue weighted by molar-refractivity contribution is -0.117. The molecule has 4 aromatic rings. The highest BCUT2D eigenvalue weighted by Gasteiger charge is 2.18. The third kappa shape index (κ3) is 5.56. The van der Waals surface area contributed by atoms with E-state index in [9.17, 15) is 9.59 Å². The molecule has 0 amide bonds. The van der Waals surface area contributed by atoms with Gasteiger partial charge in [-0.2, -0.15) is 0 Å². The van der Waals surface area contributed by atoms with Crippen LogP contribution in [-0.4, -0.2) is 23.8 Å². The van der Waals surface area contributed by atoms with Gasteiger partial charge in [0, 0.05) is 38.8 Å². The van der Waals surface area contributed by atoms with Gasteiger partial charge >= 0.3 is 0 Å². The van der Waals surface area contributed by atoms with Crippen molar-refractivity contribution in [1.29, 1.82) is 0 Å². The molecular formula is C29H23BrN2O2. The number of halogens is 1. The molecule has 1 aliphatic rings. The van der Waals surface area contributed by atoms with Crippen molar-refractivity contribution in [3.8, 4) is 0 Å². The minimum atomic E-state index is -0.0336. The molecule has 0 atom stereocenters. The summed E-state index contributed by atoms with van der Waals surface area (Å²) < 4.78 is 1.00. The summed E-state index contributed by atoms with van der Waals surface area (Å²) in [5, 5.41) is 0. The van der Waals surface area contributed by atoms with E-state index >= 15 is 0 Å². The summed E-state index contributed by atoms with van der Waals surface area (Å²) in [5.41, 5.74) is 11.5. The van der Waals surface area contributed by atoms with E-state index in [2.05, 4.69) is 20.9 Å². The number of rotatable bonds is 3. The molecule has 168 valence electrons. The lowest BCUT2D eigenvalue weighted by Gasteiger charge is -2.10. The van der Waals surface area contributed by atoms with Crippen LogP contribution in [0, 0.1) is 0 Å². The Kier molecular flexibility index (Phi) is 7.45. The molecular weight excluding hydrogens is 488 g/mol. The first-order valence-corrected chi connectivity index (χ1v) is 11.7. The zero-order valence-electron chi connectivity index (χ0n) is 18.4. The zero-order valence-corrected chi connectivity index (χ0v) is 20.0. The highest BCUT2D eigenvalue weighted by molar-refractivity contribution is 9.10. The van der Waals surface area contributed by atoms with Crippen molar-refractivity contribution in [3.05, 3.63) is 135 Å². The van der Waals surface area contributed by atoms with Crippen molar-refractivity contribution >= 4 is 38.9 Å². The standard InChI is InChI=1S/C16H12BrNO.C13H11NO/c17-13-7-6-12-8-14(19)10-18-16(15(12)9-13)11-4-2-1-3-5-11;14-12-9-5-4-8-11(12)13(15)10-6-2-1-3-7-10/h1-7,9H,8,10H2;1-9H,14H2. The van der Waals surface area contributed by atoms with Crippen LogP contribution in [-0.2, 0) is 11.2 Å². The molecule has 0 radical (unpaired) electrons. The Morgan fingerprint density at radius 2 is 1.47 bits per heavy atom. The molecule has 4 nitrogen and oxygen atoms in total. The molecule has 4 aromatic carbocycles. The van der Waals surface area contributed by atoms with E-state index in [0.29, 0.717) is 23.2 Å². The molecule has 0 aromatic heterocycles. The van der Waals surface area contributed by atoms with Gasteiger partial charge < -0.3 is 5.73 Å². The molecule has 2 N–H and O–H groups in total. The molecule has 5 heteroatoms. The fourth-order valence-electron chi connectivity index (χ4n) is 3.74. The average molecular weight is 511 g/mol. The number of aliphatic imine (C=N–C) groups is 1. The van der Waals surface area contributed by atoms with Crippen LogP contribution in [0.5, 0.6) is 0 Å². The first kappa shape index (κ1) is 23.3. The monoisotopic (exact) mass is 510 g/mol. The molecule has 0 bridgehead atoms. The van der Waals surface area contributed by atoms with E-state index in [1.807, 2.05) is 78.9 Å². The number of anilines is 1. The Morgan fingerprint density at radius 1 is 0.824 bits per heavy atom. The van der Waals surface area contributed by atoms with Gasteiger partial charge in [0.05, 0.1) is 12.3 Å². The second-order valence-corrected chi connectivity index (χ2v) is 8.75. The molecule has 0 unspecified atom stereocenters. The number of carbonyl (C=O) groups is 2. The van der Waals surface area contributed by atoms with Crippen LogP contribution in [0.4, 0.5) is 5.69 Å². The van der Waals surface area contributed by atoms with Crippen LogP contribution in [0.2, 0.25) is 0 Å². The summed E-state index contributed by atoms with van der Waals surface area (Å²) >= 11 is 3.49. The molecule has 5 rings (SSSR count). The summed E-state index contributed by atoms with van der Waals surface area (Å²) in [6.45, 7) is 0.260. The minimum Gasteiger partial charge on any atom is -0.398 e. The number of hydrogen-bond donors (Lipinski definition) is 1. The number of Topliss-reactive ketones (excluding diaryl/α,β-unsaturated/α-hetero) is 1. The maximum absolute atomic E-state index is 12.0. The molecule has 0 fully saturated rings. The van der Waals surface area contributed by atoms with Gasteiger partial charge in [-0.3, -0.25) is 14.6 Å². The SMILES string of the molecule is Nc1ccccc1C(=O)c1ccccc1.O=C1CN=C(c2ccccc2)c2cc(Br)ccc2C1. The van der Waals surface area contributed by atoms with E-state index in [1.165, 1.54) is 0 Å². The third-order valence-corrected chi connectivity index (χ3v) is 5.91. The molecule has 1 aliphatic heterocycles. The summed E-state index contributed by atoms with van der Waals surface area (Å²) in [6, 6.07) is 32.3. The number of fused-ring (bicyclic) bond motifs is 1.